The third kappa shape index (κ3) is 9.26. The molecule has 31 atom stereocenters. The zero-order valence-electron chi connectivity index (χ0n) is 45.2. The number of ether oxygens (including phenoxy) is 8. The maximum absolute atomic E-state index is 12.8. The predicted octanol–water partition coefficient (Wildman–Crippen LogP) is -0.680. The lowest BCUT2D eigenvalue weighted by molar-refractivity contribution is -0.401. The van der Waals surface area contributed by atoms with E-state index < -0.39 is 160 Å². The molecule has 0 amide bonds. The third-order valence-electron chi connectivity index (χ3n) is 21.9. The minimum absolute atomic E-state index is 0.0187. The molecule has 4 saturated carbocycles. The molecule has 9 aliphatic rings. The molecule has 4 saturated heterocycles. The van der Waals surface area contributed by atoms with E-state index >= 15 is 0 Å². The Morgan fingerprint density at radius 2 is 1.12 bits per heavy atom. The molecule has 8 fully saturated rings. The van der Waals surface area contributed by atoms with Crippen molar-refractivity contribution in [2.75, 3.05) is 19.8 Å². The highest BCUT2D eigenvalue weighted by Gasteiger charge is 2.71. The number of fused-ring (bicyclic) bond motifs is 6. The number of hydrogen-bond acceptors (Lipinski definition) is 21. The SMILES string of the molecule is C[C@@H]1[C@@H](C)[C@@](C)(O)C2=C3C[C@@H](O)C4[C@@]5(C)CCC(O[C@@H]6OC[C@H](O)[C@@H](O[C@@H]7O[C@H](CO)[C@@H](O)[C@H](O)[C@H]7O[C@@H]7O[C@H](CO)[C@@H](O)[C@H](O)[C@H]7O)[C@H]6O[C@@H]6O[C@H](C)[C@H](O)[C@@H](O)[C@H]6O)C(C)(C)C5CC[C@@]4(C)[C@]3(C)CCC2[C@@H]1C. The molecule has 4 aliphatic heterocycles. The van der Waals surface area contributed by atoms with E-state index in [1.54, 1.807) is 0 Å². The van der Waals surface area contributed by atoms with Crippen LogP contribution in [-0.4, -0.2) is 221 Å². The van der Waals surface area contributed by atoms with Crippen LogP contribution in [0.4, 0.5) is 0 Å². The molecule has 4 unspecified atom stereocenters. The molecule has 0 aromatic rings. The summed E-state index contributed by atoms with van der Waals surface area (Å²) in [6.07, 6.45) is -27.7. The lowest BCUT2D eigenvalue weighted by atomic mass is 9.33. The van der Waals surface area contributed by atoms with Gasteiger partial charge in [0.05, 0.1) is 43.7 Å². The molecule has 13 N–H and O–H groups in total. The highest BCUT2D eigenvalue weighted by molar-refractivity contribution is 5.41. The van der Waals surface area contributed by atoms with E-state index in [0.717, 1.165) is 31.3 Å². The Bertz CT molecular complexity index is 2040. The van der Waals surface area contributed by atoms with Crippen LogP contribution >= 0.6 is 0 Å². The van der Waals surface area contributed by atoms with Gasteiger partial charge in [-0.05, 0) is 122 Å². The van der Waals surface area contributed by atoms with Crippen molar-refractivity contribution in [3.63, 3.8) is 0 Å². The van der Waals surface area contributed by atoms with Crippen molar-refractivity contribution in [3.05, 3.63) is 11.1 Å². The summed E-state index contributed by atoms with van der Waals surface area (Å²) >= 11 is 0. The van der Waals surface area contributed by atoms with Crippen LogP contribution in [-0.2, 0) is 37.9 Å². The van der Waals surface area contributed by atoms with E-state index in [4.69, 9.17) is 37.9 Å². The van der Waals surface area contributed by atoms with Crippen molar-refractivity contribution in [1.82, 2.24) is 0 Å². The molecule has 0 aromatic heterocycles. The van der Waals surface area contributed by atoms with Gasteiger partial charge in [0.25, 0.3) is 0 Å². The molecule has 21 nitrogen and oxygen atoms in total. The van der Waals surface area contributed by atoms with Crippen LogP contribution in [0.1, 0.15) is 114 Å². The maximum atomic E-state index is 12.8. The first kappa shape index (κ1) is 58.6. The quantitative estimate of drug-likeness (QED) is 0.0952. The van der Waals surface area contributed by atoms with Gasteiger partial charge < -0.3 is 104 Å². The molecular formula is C54H90O21. The lowest BCUT2D eigenvalue weighted by Crippen LogP contribution is -2.68. The Balaban J connectivity index is 1.01. The van der Waals surface area contributed by atoms with Gasteiger partial charge in [0.15, 0.2) is 25.2 Å². The average Bonchev–Trinajstić information content (AvgIpc) is 3.38. The van der Waals surface area contributed by atoms with Crippen molar-refractivity contribution in [2.45, 2.75) is 249 Å². The van der Waals surface area contributed by atoms with Crippen LogP contribution in [0.25, 0.3) is 0 Å². The minimum Gasteiger partial charge on any atom is -0.394 e. The average molecular weight is 1080 g/mol. The second-order valence-corrected chi connectivity index (χ2v) is 25.9. The first-order chi connectivity index (χ1) is 35.0. The second-order valence-electron chi connectivity index (χ2n) is 25.9. The summed E-state index contributed by atoms with van der Waals surface area (Å²) in [7, 11) is 0. The summed E-state index contributed by atoms with van der Waals surface area (Å²) in [5, 5.41) is 144. The van der Waals surface area contributed by atoms with Gasteiger partial charge in [-0.25, -0.2) is 0 Å². The van der Waals surface area contributed by atoms with Crippen LogP contribution in [0.15, 0.2) is 11.1 Å². The van der Waals surface area contributed by atoms with E-state index in [-0.39, 0.29) is 39.9 Å². The minimum atomic E-state index is -1.96. The summed E-state index contributed by atoms with van der Waals surface area (Å²) in [5.41, 5.74) is -0.0900. The van der Waals surface area contributed by atoms with Gasteiger partial charge in [-0.2, -0.15) is 0 Å². The Hall–Kier alpha value is -1.10. The summed E-state index contributed by atoms with van der Waals surface area (Å²) in [5.74, 6) is 0.997. The zero-order chi connectivity index (χ0) is 55.0. The van der Waals surface area contributed by atoms with Gasteiger partial charge in [0, 0.05) is 0 Å². The molecule has 4 heterocycles. The topological polar surface area (TPSA) is 337 Å². The molecule has 9 rings (SSSR count). The lowest BCUT2D eigenvalue weighted by Gasteiger charge is -2.72. The van der Waals surface area contributed by atoms with E-state index in [1.807, 2.05) is 6.92 Å². The monoisotopic (exact) mass is 1070 g/mol. The van der Waals surface area contributed by atoms with Gasteiger partial charge >= 0.3 is 0 Å². The highest BCUT2D eigenvalue weighted by Crippen LogP contribution is 2.75. The Morgan fingerprint density at radius 3 is 1.76 bits per heavy atom. The third-order valence-corrected chi connectivity index (χ3v) is 21.9. The normalized spacial score (nSPS) is 57.1. The molecule has 0 radical (unpaired) electrons. The van der Waals surface area contributed by atoms with E-state index in [9.17, 15) is 66.4 Å². The van der Waals surface area contributed by atoms with Gasteiger partial charge in [-0.3, -0.25) is 0 Å². The van der Waals surface area contributed by atoms with Crippen LogP contribution < -0.4 is 0 Å². The molecule has 0 aromatic carbocycles. The zero-order valence-corrected chi connectivity index (χ0v) is 45.2. The van der Waals surface area contributed by atoms with E-state index in [2.05, 4.69) is 55.4 Å². The van der Waals surface area contributed by atoms with Crippen LogP contribution in [0.2, 0.25) is 0 Å². The largest absolute Gasteiger partial charge is 0.394 e. The molecule has 21 heteroatoms. The molecule has 5 aliphatic carbocycles. The standard InChI is InChI=1S/C54H90O21/c1-21-22(2)25-11-15-52(8)26(33(25)54(10,67)23(21)3)17-27(57)45-51(7)14-13-32(50(5,6)31(51)12-16-53(45,52)9)72-48-44(75-46-40(65)37(62)34(59)24(4)69-46)42(28(58)20-68-48)73-49-43(39(64)36(61)30(19-56)71-49)74-47-41(66)38(63)35(60)29(18-55)70-47/h21-25,27-32,34-49,55-67H,11-20H2,1-10H3/t21-,22+,23+,24+,25?,27+,28-,29+,30+,31?,32?,34-,35+,36+,37+,38-,39-,40+,41+,42+,43+,44+,45?,46-,47-,48-,49-,51-,52+,53+,54+/m0/s1. The summed E-state index contributed by atoms with van der Waals surface area (Å²) in [6, 6.07) is 0. The fourth-order valence-electron chi connectivity index (χ4n) is 17.0. The molecule has 0 spiro atoms. The van der Waals surface area contributed by atoms with Crippen LogP contribution in [0.3, 0.4) is 0 Å². The van der Waals surface area contributed by atoms with E-state index in [1.165, 1.54) is 12.5 Å². The van der Waals surface area contributed by atoms with Crippen LogP contribution in [0.5, 0.6) is 0 Å². The van der Waals surface area contributed by atoms with Gasteiger partial charge in [0.2, 0.25) is 0 Å². The molecule has 75 heavy (non-hydrogen) atoms. The second kappa shape index (κ2) is 21.0. The van der Waals surface area contributed by atoms with E-state index in [0.29, 0.717) is 31.1 Å². The molecule has 432 valence electrons. The first-order valence-electron chi connectivity index (χ1n) is 27.7. The van der Waals surface area contributed by atoms with Crippen LogP contribution in [0, 0.1) is 57.2 Å². The molecular weight excluding hydrogens is 985 g/mol. The van der Waals surface area contributed by atoms with Crippen molar-refractivity contribution < 1.29 is 104 Å². The predicted molar refractivity (Wildman–Crippen MR) is 261 cm³/mol. The van der Waals surface area contributed by atoms with Crippen molar-refractivity contribution in [3.8, 4) is 0 Å². The Kier molecular flexibility index (Phi) is 16.4. The smallest absolute Gasteiger partial charge is 0.187 e. The van der Waals surface area contributed by atoms with Gasteiger partial charge in [-0.1, -0.05) is 61.0 Å². The molecule has 0 bridgehead atoms. The van der Waals surface area contributed by atoms with Crippen molar-refractivity contribution >= 4 is 0 Å². The highest BCUT2D eigenvalue weighted by atomic mass is 16.8. The Labute approximate surface area is 440 Å². The Morgan fingerprint density at radius 1 is 0.547 bits per heavy atom. The number of aliphatic hydroxyl groups is 13. The van der Waals surface area contributed by atoms with Crippen molar-refractivity contribution in [2.24, 2.45) is 57.2 Å². The number of aliphatic hydroxyl groups excluding tert-OH is 12. The van der Waals surface area contributed by atoms with Crippen molar-refractivity contribution in [1.29, 1.82) is 0 Å². The fraction of sp³-hybridized carbons (Fsp3) is 0.963. The maximum Gasteiger partial charge on any atom is 0.187 e. The summed E-state index contributed by atoms with van der Waals surface area (Å²) < 4.78 is 49.6. The van der Waals surface area contributed by atoms with Gasteiger partial charge in [0.1, 0.15) is 85.5 Å². The van der Waals surface area contributed by atoms with Gasteiger partial charge in [-0.15, -0.1) is 0 Å². The number of rotatable bonds is 10. The fourth-order valence-corrected chi connectivity index (χ4v) is 17.0. The summed E-state index contributed by atoms with van der Waals surface area (Å²) in [4.78, 5) is 0. The number of hydrogen-bond donors (Lipinski definition) is 13. The summed E-state index contributed by atoms with van der Waals surface area (Å²) in [6.45, 7) is 19.5. The first-order valence-corrected chi connectivity index (χ1v) is 27.7.